The van der Waals surface area contributed by atoms with Gasteiger partial charge in [0.2, 0.25) is 0 Å². The maximum absolute atomic E-state index is 12.4. The molecule has 2 rings (SSSR count). The molecule has 0 aliphatic rings. The highest BCUT2D eigenvalue weighted by Crippen LogP contribution is 2.22. The van der Waals surface area contributed by atoms with Crippen molar-refractivity contribution in [3.05, 3.63) is 59.7 Å². The molecule has 0 unspecified atom stereocenters. The number of rotatable bonds is 6. The molecule has 22 heavy (non-hydrogen) atoms. The first-order valence-corrected chi connectivity index (χ1v) is 7.78. The van der Waals surface area contributed by atoms with Crippen molar-refractivity contribution in [1.82, 2.24) is 0 Å². The second-order valence-corrected chi connectivity index (χ2v) is 5.31. The highest BCUT2D eigenvalue weighted by atomic mass is 16.5. The fourth-order valence-corrected chi connectivity index (χ4v) is 2.26. The predicted octanol–water partition coefficient (Wildman–Crippen LogP) is 4.85. The third-order valence-electron chi connectivity index (χ3n) is 3.78. The minimum absolute atomic E-state index is 0.152. The minimum Gasteiger partial charge on any atom is -0.493 e. The van der Waals surface area contributed by atoms with Crippen LogP contribution in [-0.4, -0.2) is 12.5 Å². The van der Waals surface area contributed by atoms with Crippen LogP contribution in [-0.2, 0) is 0 Å². The molecule has 0 saturated carbocycles. The van der Waals surface area contributed by atoms with E-state index in [2.05, 4.69) is 31.3 Å². The van der Waals surface area contributed by atoms with Gasteiger partial charge in [-0.3, -0.25) is 4.79 Å². The van der Waals surface area contributed by atoms with Gasteiger partial charge in [0.05, 0.1) is 12.2 Å². The molecular formula is C19H23NO2. The number of hydrogen-bond donors (Lipinski definition) is 1. The lowest BCUT2D eigenvalue weighted by Crippen LogP contribution is -2.13. The molecule has 0 saturated heterocycles. The highest BCUT2D eigenvalue weighted by molar-refractivity contribution is 6.06. The molecule has 0 radical (unpaired) electrons. The van der Waals surface area contributed by atoms with E-state index in [0.717, 1.165) is 12.1 Å². The van der Waals surface area contributed by atoms with E-state index in [-0.39, 0.29) is 5.91 Å². The van der Waals surface area contributed by atoms with E-state index in [1.807, 2.05) is 37.3 Å². The average Bonchev–Trinajstić information content (AvgIpc) is 2.55. The summed E-state index contributed by atoms with van der Waals surface area (Å²) in [4.78, 5) is 12.4. The van der Waals surface area contributed by atoms with Crippen molar-refractivity contribution in [2.45, 2.75) is 33.1 Å². The van der Waals surface area contributed by atoms with Gasteiger partial charge < -0.3 is 10.1 Å². The topological polar surface area (TPSA) is 38.3 Å². The summed E-state index contributed by atoms with van der Waals surface area (Å²) in [6.07, 6.45) is 1.10. The SMILES string of the molecule is CCOc1ccccc1C(=O)Nc1ccc([C@@H](C)CC)cc1. The third-order valence-corrected chi connectivity index (χ3v) is 3.78. The molecule has 3 heteroatoms. The van der Waals surface area contributed by atoms with E-state index < -0.39 is 0 Å². The number of benzene rings is 2. The van der Waals surface area contributed by atoms with Gasteiger partial charge in [-0.25, -0.2) is 0 Å². The summed E-state index contributed by atoms with van der Waals surface area (Å²) in [6.45, 7) is 6.81. The van der Waals surface area contributed by atoms with Crippen LogP contribution in [0.1, 0.15) is 49.0 Å². The number of carbonyl (C=O) groups is 1. The Morgan fingerprint density at radius 2 is 1.77 bits per heavy atom. The van der Waals surface area contributed by atoms with E-state index >= 15 is 0 Å². The van der Waals surface area contributed by atoms with Gasteiger partial charge in [0, 0.05) is 5.69 Å². The van der Waals surface area contributed by atoms with Crippen molar-refractivity contribution < 1.29 is 9.53 Å². The Bertz CT molecular complexity index is 620. The van der Waals surface area contributed by atoms with Crippen LogP contribution < -0.4 is 10.1 Å². The van der Waals surface area contributed by atoms with Crippen LogP contribution in [0.5, 0.6) is 5.75 Å². The molecule has 2 aromatic carbocycles. The van der Waals surface area contributed by atoms with Crippen LogP contribution in [0.15, 0.2) is 48.5 Å². The summed E-state index contributed by atoms with van der Waals surface area (Å²) in [6, 6.07) is 15.3. The normalized spacial score (nSPS) is 11.8. The molecule has 116 valence electrons. The molecule has 1 amide bonds. The second kappa shape index (κ2) is 7.64. The highest BCUT2D eigenvalue weighted by Gasteiger charge is 2.12. The van der Waals surface area contributed by atoms with Crippen LogP contribution in [0.3, 0.4) is 0 Å². The van der Waals surface area contributed by atoms with E-state index in [4.69, 9.17) is 4.74 Å². The van der Waals surface area contributed by atoms with Crippen LogP contribution in [0.4, 0.5) is 5.69 Å². The van der Waals surface area contributed by atoms with Gasteiger partial charge in [0.1, 0.15) is 5.75 Å². The van der Waals surface area contributed by atoms with Crippen LogP contribution in [0.2, 0.25) is 0 Å². The Morgan fingerprint density at radius 3 is 2.41 bits per heavy atom. The summed E-state index contributed by atoms with van der Waals surface area (Å²) < 4.78 is 5.50. The lowest BCUT2D eigenvalue weighted by Gasteiger charge is -2.12. The van der Waals surface area contributed by atoms with Gasteiger partial charge in [-0.2, -0.15) is 0 Å². The number of amides is 1. The summed E-state index contributed by atoms with van der Waals surface area (Å²) in [5, 5.41) is 2.92. The Kier molecular flexibility index (Phi) is 5.59. The zero-order chi connectivity index (χ0) is 15.9. The van der Waals surface area contributed by atoms with E-state index in [1.165, 1.54) is 5.56 Å². The quantitative estimate of drug-likeness (QED) is 0.827. The van der Waals surface area contributed by atoms with Gasteiger partial charge in [-0.1, -0.05) is 38.1 Å². The number of carbonyl (C=O) groups excluding carboxylic acids is 1. The predicted molar refractivity (Wildman–Crippen MR) is 90.7 cm³/mol. The Labute approximate surface area is 132 Å². The maximum Gasteiger partial charge on any atom is 0.259 e. The van der Waals surface area contributed by atoms with Gasteiger partial charge in [0.15, 0.2) is 0 Å². The van der Waals surface area contributed by atoms with E-state index in [1.54, 1.807) is 6.07 Å². The fourth-order valence-electron chi connectivity index (χ4n) is 2.26. The van der Waals surface area contributed by atoms with Crippen molar-refractivity contribution in [3.8, 4) is 5.75 Å². The number of nitrogens with one attached hydrogen (secondary N) is 1. The molecule has 2 aromatic rings. The summed E-state index contributed by atoms with van der Waals surface area (Å²) in [5.41, 5.74) is 2.63. The Morgan fingerprint density at radius 1 is 1.09 bits per heavy atom. The molecule has 0 aliphatic carbocycles. The van der Waals surface area contributed by atoms with Crippen LogP contribution >= 0.6 is 0 Å². The minimum atomic E-state index is -0.152. The standard InChI is InChI=1S/C19H23NO2/c1-4-14(3)15-10-12-16(13-11-15)20-19(21)17-8-6-7-9-18(17)22-5-2/h6-14H,4-5H2,1-3H3,(H,20,21)/t14-/m0/s1. The van der Waals surface area contributed by atoms with Crippen LogP contribution in [0, 0.1) is 0 Å². The van der Waals surface area contributed by atoms with Gasteiger partial charge >= 0.3 is 0 Å². The van der Waals surface area contributed by atoms with Crippen molar-refractivity contribution >= 4 is 11.6 Å². The zero-order valence-corrected chi connectivity index (χ0v) is 13.4. The van der Waals surface area contributed by atoms with Gasteiger partial charge in [0.25, 0.3) is 5.91 Å². The summed E-state index contributed by atoms with van der Waals surface area (Å²) in [5.74, 6) is 0.988. The molecule has 0 aromatic heterocycles. The number of ether oxygens (including phenoxy) is 1. The number of para-hydroxylation sites is 1. The second-order valence-electron chi connectivity index (χ2n) is 5.31. The average molecular weight is 297 g/mol. The van der Waals surface area contributed by atoms with E-state index in [9.17, 15) is 4.79 Å². The molecule has 3 nitrogen and oxygen atoms in total. The van der Waals surface area contributed by atoms with Crippen molar-refractivity contribution in [3.63, 3.8) is 0 Å². The molecule has 0 heterocycles. The van der Waals surface area contributed by atoms with Crippen LogP contribution in [0.25, 0.3) is 0 Å². The third kappa shape index (κ3) is 3.88. The monoisotopic (exact) mass is 297 g/mol. The molecule has 1 atom stereocenters. The zero-order valence-electron chi connectivity index (χ0n) is 13.4. The molecule has 0 aliphatic heterocycles. The smallest absolute Gasteiger partial charge is 0.259 e. The Balaban J connectivity index is 2.12. The molecule has 0 bridgehead atoms. The first-order chi connectivity index (χ1) is 10.7. The van der Waals surface area contributed by atoms with E-state index in [0.29, 0.717) is 23.8 Å². The molecular weight excluding hydrogens is 274 g/mol. The van der Waals surface area contributed by atoms with Crippen molar-refractivity contribution in [2.24, 2.45) is 0 Å². The fraction of sp³-hybridized carbons (Fsp3) is 0.316. The maximum atomic E-state index is 12.4. The summed E-state index contributed by atoms with van der Waals surface area (Å²) in [7, 11) is 0. The molecule has 0 fully saturated rings. The number of hydrogen-bond acceptors (Lipinski definition) is 2. The van der Waals surface area contributed by atoms with Gasteiger partial charge in [-0.15, -0.1) is 0 Å². The summed E-state index contributed by atoms with van der Waals surface area (Å²) >= 11 is 0. The van der Waals surface area contributed by atoms with Crippen molar-refractivity contribution in [2.75, 3.05) is 11.9 Å². The first-order valence-electron chi connectivity index (χ1n) is 7.78. The largest absolute Gasteiger partial charge is 0.493 e. The molecule has 1 N–H and O–H groups in total. The molecule has 0 spiro atoms. The first kappa shape index (κ1) is 16.1. The van der Waals surface area contributed by atoms with Crippen molar-refractivity contribution in [1.29, 1.82) is 0 Å². The van der Waals surface area contributed by atoms with Gasteiger partial charge in [-0.05, 0) is 49.1 Å². The number of anilines is 1. The Hall–Kier alpha value is -2.29. The lowest BCUT2D eigenvalue weighted by molar-refractivity contribution is 0.102. The lowest BCUT2D eigenvalue weighted by atomic mass is 9.98.